The lowest BCUT2D eigenvalue weighted by Gasteiger charge is -2.41. The zero-order chi connectivity index (χ0) is 15.6. The number of fused-ring (bicyclic) bond motifs is 1. The molecule has 120 valence electrons. The fourth-order valence-corrected chi connectivity index (χ4v) is 3.73. The van der Waals surface area contributed by atoms with Gasteiger partial charge in [-0.2, -0.15) is 0 Å². The van der Waals surface area contributed by atoms with Crippen LogP contribution in [0.3, 0.4) is 0 Å². The van der Waals surface area contributed by atoms with Gasteiger partial charge in [0.25, 0.3) is 0 Å². The van der Waals surface area contributed by atoms with Crippen molar-refractivity contribution in [3.63, 3.8) is 0 Å². The molecule has 1 aliphatic rings. The SMILES string of the molecule is CC(C)(CNC(=O)Cc1cn2ccsc2n1)N1CCCCC1. The van der Waals surface area contributed by atoms with Crippen molar-refractivity contribution in [1.82, 2.24) is 19.6 Å². The van der Waals surface area contributed by atoms with Gasteiger partial charge in [0.2, 0.25) is 5.91 Å². The van der Waals surface area contributed by atoms with Crippen LogP contribution in [0.4, 0.5) is 0 Å². The summed E-state index contributed by atoms with van der Waals surface area (Å²) in [5.41, 5.74) is 0.852. The molecule has 0 aliphatic carbocycles. The summed E-state index contributed by atoms with van der Waals surface area (Å²) in [6, 6.07) is 0. The second-order valence-corrected chi connectivity index (χ2v) is 7.51. The van der Waals surface area contributed by atoms with E-state index in [-0.39, 0.29) is 11.4 Å². The molecule has 0 saturated carbocycles. The van der Waals surface area contributed by atoms with Crippen molar-refractivity contribution >= 4 is 22.2 Å². The third kappa shape index (κ3) is 3.50. The summed E-state index contributed by atoms with van der Waals surface area (Å²) < 4.78 is 1.96. The van der Waals surface area contributed by atoms with Crippen molar-refractivity contribution in [2.45, 2.75) is 45.1 Å². The summed E-state index contributed by atoms with van der Waals surface area (Å²) >= 11 is 1.59. The Kier molecular flexibility index (Phi) is 4.49. The largest absolute Gasteiger partial charge is 0.354 e. The first-order chi connectivity index (χ1) is 10.5. The van der Waals surface area contributed by atoms with Crippen LogP contribution in [0.15, 0.2) is 17.8 Å². The summed E-state index contributed by atoms with van der Waals surface area (Å²) in [5.74, 6) is 0.0517. The van der Waals surface area contributed by atoms with Crippen molar-refractivity contribution in [2.75, 3.05) is 19.6 Å². The first-order valence-corrected chi connectivity index (χ1v) is 8.85. The van der Waals surface area contributed by atoms with Gasteiger partial charge in [-0.3, -0.25) is 14.1 Å². The number of imidazole rings is 1. The number of carbonyl (C=O) groups is 1. The smallest absolute Gasteiger partial charge is 0.226 e. The Labute approximate surface area is 135 Å². The van der Waals surface area contributed by atoms with Gasteiger partial charge >= 0.3 is 0 Å². The number of hydrogen-bond acceptors (Lipinski definition) is 4. The van der Waals surface area contributed by atoms with Gasteiger partial charge in [-0.15, -0.1) is 11.3 Å². The average molecular weight is 320 g/mol. The minimum absolute atomic E-state index is 0.0185. The Hall–Kier alpha value is -1.40. The minimum Gasteiger partial charge on any atom is -0.354 e. The van der Waals surface area contributed by atoms with Crippen LogP contribution in [0, 0.1) is 0 Å². The van der Waals surface area contributed by atoms with Crippen molar-refractivity contribution in [3.8, 4) is 0 Å². The van der Waals surface area contributed by atoms with E-state index < -0.39 is 0 Å². The van der Waals surface area contributed by atoms with Gasteiger partial charge in [0, 0.05) is 29.9 Å². The Bertz CT molecular complexity index is 611. The van der Waals surface area contributed by atoms with Gasteiger partial charge in [-0.25, -0.2) is 4.98 Å². The molecule has 2 aromatic heterocycles. The molecule has 1 aliphatic heterocycles. The third-order valence-electron chi connectivity index (χ3n) is 4.42. The average Bonchev–Trinajstić information content (AvgIpc) is 3.07. The van der Waals surface area contributed by atoms with Crippen LogP contribution in [0.1, 0.15) is 38.8 Å². The Morgan fingerprint density at radius 1 is 1.36 bits per heavy atom. The summed E-state index contributed by atoms with van der Waals surface area (Å²) in [5, 5.41) is 5.07. The van der Waals surface area contributed by atoms with Gasteiger partial charge in [0.15, 0.2) is 4.96 Å². The number of nitrogens with one attached hydrogen (secondary N) is 1. The third-order valence-corrected chi connectivity index (χ3v) is 5.19. The number of nitrogens with zero attached hydrogens (tertiary/aromatic N) is 3. The topological polar surface area (TPSA) is 49.6 Å². The number of aromatic nitrogens is 2. The van der Waals surface area contributed by atoms with Crippen LogP contribution in [0.2, 0.25) is 0 Å². The minimum atomic E-state index is 0.0185. The predicted molar refractivity (Wildman–Crippen MR) is 89.3 cm³/mol. The molecular formula is C16H24N4OS. The first-order valence-electron chi connectivity index (χ1n) is 7.97. The van der Waals surface area contributed by atoms with Crippen LogP contribution >= 0.6 is 11.3 Å². The standard InChI is InChI=1S/C16H24N4OS/c1-16(2,20-6-4-3-5-7-20)12-17-14(21)10-13-11-19-8-9-22-15(19)18-13/h8-9,11H,3-7,10,12H2,1-2H3,(H,17,21). The summed E-state index contributed by atoms with van der Waals surface area (Å²) in [6.07, 6.45) is 8.11. The molecule has 0 unspecified atom stereocenters. The fourth-order valence-electron chi connectivity index (χ4n) is 3.01. The molecule has 6 heteroatoms. The van der Waals surface area contributed by atoms with Crippen LogP contribution < -0.4 is 5.32 Å². The second kappa shape index (κ2) is 6.38. The van der Waals surface area contributed by atoms with E-state index in [9.17, 15) is 4.79 Å². The lowest BCUT2D eigenvalue weighted by molar-refractivity contribution is -0.121. The van der Waals surface area contributed by atoms with Gasteiger partial charge in [-0.1, -0.05) is 6.42 Å². The monoisotopic (exact) mass is 320 g/mol. The van der Waals surface area contributed by atoms with E-state index in [0.717, 1.165) is 23.7 Å². The molecule has 0 atom stereocenters. The van der Waals surface area contributed by atoms with E-state index >= 15 is 0 Å². The molecule has 3 heterocycles. The molecular weight excluding hydrogens is 296 g/mol. The highest BCUT2D eigenvalue weighted by Gasteiger charge is 2.28. The van der Waals surface area contributed by atoms with Crippen molar-refractivity contribution in [3.05, 3.63) is 23.5 Å². The molecule has 0 spiro atoms. The highest BCUT2D eigenvalue weighted by atomic mass is 32.1. The Morgan fingerprint density at radius 2 is 2.14 bits per heavy atom. The molecule has 1 N–H and O–H groups in total. The lowest BCUT2D eigenvalue weighted by atomic mass is 9.98. The quantitative estimate of drug-likeness (QED) is 0.920. The fraction of sp³-hybridized carbons (Fsp3) is 0.625. The molecule has 1 saturated heterocycles. The van der Waals surface area contributed by atoms with Crippen molar-refractivity contribution in [2.24, 2.45) is 0 Å². The normalized spacial score (nSPS) is 17.0. The number of carbonyl (C=O) groups excluding carboxylic acids is 1. The zero-order valence-electron chi connectivity index (χ0n) is 13.3. The lowest BCUT2D eigenvalue weighted by Crippen LogP contribution is -2.53. The molecule has 0 aromatic carbocycles. The van der Waals surface area contributed by atoms with Gasteiger partial charge in [0.1, 0.15) is 0 Å². The number of amides is 1. The van der Waals surface area contributed by atoms with E-state index in [4.69, 9.17) is 0 Å². The molecule has 0 bridgehead atoms. The Morgan fingerprint density at radius 3 is 2.86 bits per heavy atom. The zero-order valence-corrected chi connectivity index (χ0v) is 14.2. The van der Waals surface area contributed by atoms with Crippen LogP contribution in [0.25, 0.3) is 4.96 Å². The molecule has 1 amide bonds. The van der Waals surface area contributed by atoms with Crippen LogP contribution in [-0.2, 0) is 11.2 Å². The van der Waals surface area contributed by atoms with E-state index in [1.807, 2.05) is 22.2 Å². The van der Waals surface area contributed by atoms with Crippen molar-refractivity contribution in [1.29, 1.82) is 0 Å². The maximum absolute atomic E-state index is 12.2. The van der Waals surface area contributed by atoms with Gasteiger partial charge in [-0.05, 0) is 39.8 Å². The highest BCUT2D eigenvalue weighted by molar-refractivity contribution is 7.15. The number of likely N-dealkylation sites (tertiary alicyclic amines) is 1. The summed E-state index contributed by atoms with van der Waals surface area (Å²) in [6.45, 7) is 7.39. The molecule has 22 heavy (non-hydrogen) atoms. The van der Waals surface area contributed by atoms with Crippen molar-refractivity contribution < 1.29 is 4.79 Å². The van der Waals surface area contributed by atoms with Crippen LogP contribution in [0.5, 0.6) is 0 Å². The molecule has 0 radical (unpaired) electrons. The van der Waals surface area contributed by atoms with E-state index in [1.165, 1.54) is 19.3 Å². The molecule has 2 aromatic rings. The Balaban J connectivity index is 1.51. The van der Waals surface area contributed by atoms with Crippen LogP contribution in [-0.4, -0.2) is 45.4 Å². The first kappa shape index (κ1) is 15.5. The summed E-state index contributed by atoms with van der Waals surface area (Å²) in [7, 11) is 0. The molecule has 3 rings (SSSR count). The highest BCUT2D eigenvalue weighted by Crippen LogP contribution is 2.20. The van der Waals surface area contributed by atoms with Gasteiger partial charge in [0.05, 0.1) is 12.1 Å². The second-order valence-electron chi connectivity index (χ2n) is 6.64. The maximum Gasteiger partial charge on any atom is 0.226 e. The maximum atomic E-state index is 12.2. The number of hydrogen-bond donors (Lipinski definition) is 1. The number of thiazole rings is 1. The van der Waals surface area contributed by atoms with Gasteiger partial charge < -0.3 is 5.32 Å². The van der Waals surface area contributed by atoms with E-state index in [0.29, 0.717) is 13.0 Å². The molecule has 1 fully saturated rings. The number of piperidine rings is 1. The number of rotatable bonds is 5. The van der Waals surface area contributed by atoms with E-state index in [2.05, 4.69) is 29.0 Å². The summed E-state index contributed by atoms with van der Waals surface area (Å²) in [4.78, 5) is 20.1. The van der Waals surface area contributed by atoms with E-state index in [1.54, 1.807) is 11.3 Å². The predicted octanol–water partition coefficient (Wildman–Crippen LogP) is 2.32. The molecule has 5 nitrogen and oxygen atoms in total.